The van der Waals surface area contributed by atoms with Gasteiger partial charge in [-0.05, 0) is 58.4 Å². The fraction of sp³-hybridized carbons (Fsp3) is 0.0833. The lowest BCUT2D eigenvalue weighted by Gasteiger charge is -2.18. The normalized spacial score (nSPS) is 11.6. The van der Waals surface area contributed by atoms with Crippen molar-refractivity contribution in [3.63, 3.8) is 0 Å². The number of hydrogen-bond donors (Lipinski definition) is 0. The Morgan fingerprint density at radius 2 is 1.62 bits per heavy atom. The topological polar surface area (TPSA) is 73.2 Å². The third kappa shape index (κ3) is 4.28. The van der Waals surface area contributed by atoms with Gasteiger partial charge in [-0.2, -0.15) is 0 Å². The van der Waals surface area contributed by atoms with E-state index < -0.39 is 15.1 Å². The summed E-state index contributed by atoms with van der Waals surface area (Å²) in [5.74, 6) is 0. The third-order valence-corrected chi connectivity index (χ3v) is 6.97. The molecule has 0 spiro atoms. The highest BCUT2D eigenvalue weighted by molar-refractivity contribution is 9.10. The SMILES string of the molecule is CS(=O)(=O)c1ccc(Cn2c(C(=O)Cl)c(-c3ccccc3)c3cc(Br)ccc3c2=O)cc1. The van der Waals surface area contributed by atoms with Crippen LogP contribution in [-0.2, 0) is 16.4 Å². The van der Waals surface area contributed by atoms with E-state index in [4.69, 9.17) is 11.6 Å². The number of aromatic nitrogens is 1. The minimum atomic E-state index is -3.35. The van der Waals surface area contributed by atoms with Gasteiger partial charge in [-0.15, -0.1) is 0 Å². The summed E-state index contributed by atoms with van der Waals surface area (Å²) >= 11 is 9.48. The zero-order chi connectivity index (χ0) is 23.0. The van der Waals surface area contributed by atoms with E-state index in [9.17, 15) is 18.0 Å². The zero-order valence-corrected chi connectivity index (χ0v) is 20.0. The number of sulfone groups is 1. The molecule has 0 bridgehead atoms. The molecule has 1 aromatic heterocycles. The molecule has 0 N–H and O–H groups in total. The summed E-state index contributed by atoms with van der Waals surface area (Å²) in [5.41, 5.74) is 1.70. The minimum absolute atomic E-state index is 0.0580. The Hall–Kier alpha value is -2.74. The quantitative estimate of drug-likeness (QED) is 0.330. The van der Waals surface area contributed by atoms with Crippen LogP contribution in [0.25, 0.3) is 21.9 Å². The maximum Gasteiger partial charge on any atom is 0.269 e. The Bertz CT molecular complexity index is 1510. The average Bonchev–Trinajstić information content (AvgIpc) is 2.75. The van der Waals surface area contributed by atoms with Crippen LogP contribution >= 0.6 is 27.5 Å². The van der Waals surface area contributed by atoms with Crippen molar-refractivity contribution in [3.8, 4) is 11.1 Å². The summed E-state index contributed by atoms with van der Waals surface area (Å²) in [4.78, 5) is 26.2. The Balaban J connectivity index is 2.02. The number of carbonyl (C=O) groups is 1. The van der Waals surface area contributed by atoms with Crippen LogP contribution in [0.5, 0.6) is 0 Å². The summed E-state index contributed by atoms with van der Waals surface area (Å²) in [6.07, 6.45) is 1.13. The van der Waals surface area contributed by atoms with Crippen LogP contribution < -0.4 is 5.56 Å². The maximum atomic E-state index is 13.4. The molecule has 0 saturated carbocycles. The Labute approximate surface area is 198 Å². The summed E-state index contributed by atoms with van der Waals surface area (Å²) in [6.45, 7) is 0.0580. The van der Waals surface area contributed by atoms with Gasteiger partial charge in [0, 0.05) is 21.7 Å². The molecule has 4 rings (SSSR count). The first-order chi connectivity index (χ1) is 15.2. The number of nitrogens with zero attached hydrogens (tertiary/aromatic N) is 1. The minimum Gasteiger partial charge on any atom is -0.299 e. The molecule has 0 saturated heterocycles. The molecule has 162 valence electrons. The number of carbonyl (C=O) groups excluding carboxylic acids is 1. The average molecular weight is 531 g/mol. The van der Waals surface area contributed by atoms with Gasteiger partial charge in [0.25, 0.3) is 10.8 Å². The molecule has 0 fully saturated rings. The predicted molar refractivity (Wildman–Crippen MR) is 130 cm³/mol. The Morgan fingerprint density at radius 3 is 2.22 bits per heavy atom. The molecule has 1 heterocycles. The van der Waals surface area contributed by atoms with Gasteiger partial charge >= 0.3 is 0 Å². The van der Waals surface area contributed by atoms with Crippen molar-refractivity contribution in [1.82, 2.24) is 4.57 Å². The van der Waals surface area contributed by atoms with Crippen LogP contribution in [0.2, 0.25) is 0 Å². The summed E-state index contributed by atoms with van der Waals surface area (Å²) in [5, 5.41) is 0.306. The number of fused-ring (bicyclic) bond motifs is 1. The van der Waals surface area contributed by atoms with Crippen molar-refractivity contribution in [2.45, 2.75) is 11.4 Å². The maximum absolute atomic E-state index is 13.4. The van der Waals surface area contributed by atoms with Crippen LogP contribution in [0.15, 0.2) is 87.0 Å². The van der Waals surface area contributed by atoms with Gasteiger partial charge in [0.1, 0.15) is 5.69 Å². The van der Waals surface area contributed by atoms with E-state index in [1.165, 1.54) is 16.7 Å². The van der Waals surface area contributed by atoms with E-state index in [2.05, 4.69) is 15.9 Å². The van der Waals surface area contributed by atoms with Crippen molar-refractivity contribution in [2.75, 3.05) is 6.26 Å². The molecule has 0 aliphatic rings. The van der Waals surface area contributed by atoms with Gasteiger partial charge in [0.2, 0.25) is 0 Å². The monoisotopic (exact) mass is 529 g/mol. The first kappa shape index (κ1) is 22.5. The molecular formula is C24H17BrClNO4S. The molecule has 0 unspecified atom stereocenters. The number of pyridine rings is 1. The first-order valence-electron chi connectivity index (χ1n) is 9.57. The number of benzene rings is 3. The fourth-order valence-electron chi connectivity index (χ4n) is 3.70. The van der Waals surface area contributed by atoms with Gasteiger partial charge < -0.3 is 0 Å². The lowest BCUT2D eigenvalue weighted by atomic mass is 9.97. The highest BCUT2D eigenvalue weighted by Crippen LogP contribution is 2.33. The molecule has 0 atom stereocenters. The standard InChI is InChI=1S/C24H17BrClNO4S/c1-32(30,31)18-10-7-15(8-11-18)14-27-22(23(26)28)21(16-5-3-2-4-6-16)20-13-17(25)9-12-19(20)24(27)29/h2-13H,14H2,1H3. The number of halogens is 2. The summed E-state index contributed by atoms with van der Waals surface area (Å²) < 4.78 is 25.6. The summed E-state index contributed by atoms with van der Waals surface area (Å²) in [7, 11) is -3.35. The number of hydrogen-bond acceptors (Lipinski definition) is 4. The highest BCUT2D eigenvalue weighted by Gasteiger charge is 2.22. The van der Waals surface area contributed by atoms with Crippen molar-refractivity contribution in [1.29, 1.82) is 0 Å². The molecule has 32 heavy (non-hydrogen) atoms. The largest absolute Gasteiger partial charge is 0.299 e. The first-order valence-corrected chi connectivity index (χ1v) is 12.6. The lowest BCUT2D eigenvalue weighted by Crippen LogP contribution is -2.27. The fourth-order valence-corrected chi connectivity index (χ4v) is 4.88. The second-order valence-corrected chi connectivity index (χ2v) is 10.6. The van der Waals surface area contributed by atoms with Gasteiger partial charge in [0.15, 0.2) is 9.84 Å². The van der Waals surface area contributed by atoms with E-state index in [0.717, 1.165) is 16.3 Å². The molecule has 0 radical (unpaired) electrons. The molecule has 0 aliphatic heterocycles. The lowest BCUT2D eigenvalue weighted by molar-refractivity contribution is 0.107. The third-order valence-electron chi connectivity index (χ3n) is 5.17. The van der Waals surface area contributed by atoms with E-state index in [-0.39, 0.29) is 22.7 Å². The molecule has 5 nitrogen and oxygen atoms in total. The van der Waals surface area contributed by atoms with Gasteiger partial charge in [-0.1, -0.05) is 58.4 Å². The molecule has 4 aromatic rings. The van der Waals surface area contributed by atoms with Gasteiger partial charge in [-0.25, -0.2) is 8.42 Å². The second-order valence-electron chi connectivity index (χ2n) is 7.36. The number of rotatable bonds is 5. The molecule has 0 amide bonds. The molecule has 0 aliphatic carbocycles. The van der Waals surface area contributed by atoms with E-state index in [1.807, 2.05) is 30.3 Å². The van der Waals surface area contributed by atoms with E-state index >= 15 is 0 Å². The van der Waals surface area contributed by atoms with Crippen LogP contribution in [0.3, 0.4) is 0 Å². The van der Waals surface area contributed by atoms with Crippen molar-refractivity contribution < 1.29 is 13.2 Å². The van der Waals surface area contributed by atoms with Crippen LogP contribution in [0, 0.1) is 0 Å². The molecule has 3 aromatic carbocycles. The van der Waals surface area contributed by atoms with Crippen LogP contribution in [0.4, 0.5) is 0 Å². The second kappa shape index (κ2) is 8.65. The summed E-state index contributed by atoms with van der Waals surface area (Å²) in [6, 6.07) is 20.8. The van der Waals surface area contributed by atoms with Gasteiger partial charge in [-0.3, -0.25) is 14.2 Å². The smallest absolute Gasteiger partial charge is 0.269 e. The van der Waals surface area contributed by atoms with Crippen molar-refractivity contribution in [3.05, 3.63) is 98.9 Å². The van der Waals surface area contributed by atoms with Crippen molar-refractivity contribution >= 4 is 53.4 Å². The Kier molecular flexibility index (Phi) is 6.07. The van der Waals surface area contributed by atoms with Crippen molar-refractivity contribution in [2.24, 2.45) is 0 Å². The molecule has 8 heteroatoms. The van der Waals surface area contributed by atoms with Crippen LogP contribution in [0.1, 0.15) is 16.1 Å². The zero-order valence-electron chi connectivity index (χ0n) is 16.9. The Morgan fingerprint density at radius 1 is 0.969 bits per heavy atom. The molecular weight excluding hydrogens is 514 g/mol. The predicted octanol–water partition coefficient (Wildman–Crippen LogP) is 5.26. The van der Waals surface area contributed by atoms with E-state index in [0.29, 0.717) is 21.9 Å². The van der Waals surface area contributed by atoms with E-state index in [1.54, 1.807) is 30.3 Å². The van der Waals surface area contributed by atoms with Crippen LogP contribution in [-0.4, -0.2) is 24.5 Å². The highest BCUT2D eigenvalue weighted by atomic mass is 79.9. The van der Waals surface area contributed by atoms with Gasteiger partial charge in [0.05, 0.1) is 11.4 Å².